The van der Waals surface area contributed by atoms with Crippen LogP contribution < -0.4 is 0 Å². The molecular formula is C26H21ClN4O3. The smallest absolute Gasteiger partial charge is 0.308 e. The van der Waals surface area contributed by atoms with Gasteiger partial charge >= 0.3 is 5.71 Å². The number of benzene rings is 3. The van der Waals surface area contributed by atoms with Gasteiger partial charge in [0.2, 0.25) is 0 Å². The average Bonchev–Trinajstić information content (AvgIpc) is 3.30. The summed E-state index contributed by atoms with van der Waals surface area (Å²) in [4.78, 5) is 1.52. The molecule has 0 bridgehead atoms. The van der Waals surface area contributed by atoms with Gasteiger partial charge in [-0.1, -0.05) is 72.3 Å². The minimum absolute atomic E-state index is 0.00963. The van der Waals surface area contributed by atoms with E-state index in [2.05, 4.69) is 0 Å². The van der Waals surface area contributed by atoms with E-state index < -0.39 is 11.5 Å². The van der Waals surface area contributed by atoms with Crippen molar-refractivity contribution in [2.45, 2.75) is 5.54 Å². The molecule has 7 nitrogen and oxygen atoms in total. The monoisotopic (exact) mass is 472 g/mol. The summed E-state index contributed by atoms with van der Waals surface area (Å²) in [5.41, 5.74) is 2.36. The SMILES string of the molecule is COC1=CC(C(c2ccccc2)(c2ccc(Cl)cc2)n2nc3ccccc3n2)C=C/C1=[N+](/[O-])O. The first kappa shape index (κ1) is 21.7. The molecule has 1 aliphatic rings. The second-order valence-electron chi connectivity index (χ2n) is 7.90. The largest absolute Gasteiger partial charge is 0.490 e. The Balaban J connectivity index is 1.87. The lowest BCUT2D eigenvalue weighted by Gasteiger charge is -2.39. The van der Waals surface area contributed by atoms with E-state index in [4.69, 9.17) is 26.5 Å². The van der Waals surface area contributed by atoms with Crippen molar-refractivity contribution < 1.29 is 14.8 Å². The maximum absolute atomic E-state index is 11.7. The fourth-order valence-electron chi connectivity index (χ4n) is 4.50. The van der Waals surface area contributed by atoms with Crippen molar-refractivity contribution in [3.05, 3.63) is 124 Å². The maximum Gasteiger partial charge on any atom is 0.308 e. The summed E-state index contributed by atoms with van der Waals surface area (Å²) in [7, 11) is 1.46. The Morgan fingerprint density at radius 1 is 0.941 bits per heavy atom. The number of rotatable bonds is 5. The van der Waals surface area contributed by atoms with Crippen LogP contribution in [0.4, 0.5) is 0 Å². The number of hydrogen-bond acceptors (Lipinski definition) is 5. The molecule has 1 aliphatic carbocycles. The number of fused-ring (bicyclic) bond motifs is 1. The number of nitrogens with zero attached hydrogens (tertiary/aromatic N) is 4. The number of allylic oxidation sites excluding steroid dienone is 3. The first-order valence-electron chi connectivity index (χ1n) is 10.7. The van der Waals surface area contributed by atoms with Gasteiger partial charge in [0.15, 0.2) is 5.76 Å². The van der Waals surface area contributed by atoms with E-state index in [1.807, 2.05) is 84.9 Å². The van der Waals surface area contributed by atoms with Crippen LogP contribution >= 0.6 is 11.6 Å². The predicted octanol–water partition coefficient (Wildman–Crippen LogP) is 4.93. The topological polar surface area (TPSA) is 86.2 Å². The molecule has 0 spiro atoms. The Labute approximate surface area is 201 Å². The zero-order chi connectivity index (χ0) is 23.7. The van der Waals surface area contributed by atoms with Crippen molar-refractivity contribution in [3.63, 3.8) is 0 Å². The van der Waals surface area contributed by atoms with Crippen molar-refractivity contribution in [1.29, 1.82) is 0 Å². The van der Waals surface area contributed by atoms with Gasteiger partial charge in [0.05, 0.1) is 7.11 Å². The number of ether oxygens (including phenoxy) is 1. The number of halogens is 1. The van der Waals surface area contributed by atoms with Crippen LogP contribution in [-0.4, -0.2) is 37.9 Å². The summed E-state index contributed by atoms with van der Waals surface area (Å²) in [5.74, 6) is -0.146. The normalized spacial score (nSPS) is 18.9. The van der Waals surface area contributed by atoms with Crippen LogP contribution in [0, 0.1) is 11.1 Å². The van der Waals surface area contributed by atoms with Gasteiger partial charge in [-0.15, -0.1) is 0 Å². The zero-order valence-corrected chi connectivity index (χ0v) is 19.0. The van der Waals surface area contributed by atoms with Crippen LogP contribution in [0.3, 0.4) is 0 Å². The first-order valence-corrected chi connectivity index (χ1v) is 11.0. The van der Waals surface area contributed by atoms with Gasteiger partial charge in [0, 0.05) is 21.9 Å². The van der Waals surface area contributed by atoms with E-state index in [9.17, 15) is 10.4 Å². The molecule has 0 radical (unpaired) electrons. The molecule has 2 unspecified atom stereocenters. The Morgan fingerprint density at radius 2 is 1.53 bits per heavy atom. The lowest BCUT2D eigenvalue weighted by atomic mass is 9.71. The molecule has 8 heteroatoms. The first-order chi connectivity index (χ1) is 16.5. The van der Waals surface area contributed by atoms with Gasteiger partial charge in [-0.25, -0.2) is 0 Å². The van der Waals surface area contributed by atoms with Crippen molar-refractivity contribution in [1.82, 2.24) is 15.0 Å². The molecule has 5 rings (SSSR count). The third-order valence-corrected chi connectivity index (χ3v) is 6.31. The maximum atomic E-state index is 11.7. The molecule has 0 aliphatic heterocycles. The average molecular weight is 473 g/mol. The van der Waals surface area contributed by atoms with Crippen LogP contribution in [0.25, 0.3) is 11.0 Å². The second-order valence-corrected chi connectivity index (χ2v) is 8.33. The molecule has 2 atom stereocenters. The Kier molecular flexibility index (Phi) is 5.55. The van der Waals surface area contributed by atoms with Crippen molar-refractivity contribution >= 4 is 28.3 Å². The van der Waals surface area contributed by atoms with E-state index in [1.165, 1.54) is 7.11 Å². The molecule has 1 heterocycles. The second kappa shape index (κ2) is 8.68. The molecule has 1 N–H and O–H groups in total. The van der Waals surface area contributed by atoms with Crippen LogP contribution in [-0.2, 0) is 10.3 Å². The lowest BCUT2D eigenvalue weighted by molar-refractivity contribution is -0.725. The third kappa shape index (κ3) is 3.50. The quantitative estimate of drug-likeness (QED) is 0.253. The van der Waals surface area contributed by atoms with Gasteiger partial charge in [-0.3, -0.25) is 5.21 Å². The number of aromatic nitrogens is 3. The van der Waals surface area contributed by atoms with Gasteiger partial charge in [0.25, 0.3) is 0 Å². The molecule has 34 heavy (non-hydrogen) atoms. The highest BCUT2D eigenvalue weighted by atomic mass is 35.5. The molecule has 170 valence electrons. The van der Waals surface area contributed by atoms with E-state index in [0.717, 1.165) is 22.2 Å². The highest BCUT2D eigenvalue weighted by molar-refractivity contribution is 6.30. The summed E-state index contributed by atoms with van der Waals surface area (Å²) >= 11 is 6.25. The minimum Gasteiger partial charge on any atom is -0.490 e. The van der Waals surface area contributed by atoms with Gasteiger partial charge in [-0.05, 0) is 41.5 Å². The van der Waals surface area contributed by atoms with Crippen molar-refractivity contribution in [3.8, 4) is 0 Å². The van der Waals surface area contributed by atoms with Crippen molar-refractivity contribution in [2.24, 2.45) is 5.92 Å². The van der Waals surface area contributed by atoms with Gasteiger partial charge < -0.3 is 9.94 Å². The summed E-state index contributed by atoms with van der Waals surface area (Å²) in [6, 6.07) is 25.1. The van der Waals surface area contributed by atoms with E-state index >= 15 is 0 Å². The molecule has 4 aromatic rings. The molecule has 0 saturated carbocycles. The molecule has 0 amide bonds. The van der Waals surface area contributed by atoms with Gasteiger partial charge in [0.1, 0.15) is 16.6 Å². The summed E-state index contributed by atoms with van der Waals surface area (Å²) in [6.45, 7) is 0. The Morgan fingerprint density at radius 3 is 2.12 bits per heavy atom. The van der Waals surface area contributed by atoms with Crippen LogP contribution in [0.15, 0.2) is 103 Å². The Hall–Kier alpha value is -4.10. The van der Waals surface area contributed by atoms with Crippen LogP contribution in [0.5, 0.6) is 0 Å². The van der Waals surface area contributed by atoms with Crippen LogP contribution in [0.1, 0.15) is 11.1 Å². The molecule has 1 aromatic heterocycles. The number of hydrogen-bond donors (Lipinski definition) is 1. The fourth-order valence-corrected chi connectivity index (χ4v) is 4.63. The minimum atomic E-state index is -0.958. The van der Waals surface area contributed by atoms with Crippen LogP contribution in [0.2, 0.25) is 5.02 Å². The molecule has 0 saturated heterocycles. The summed E-state index contributed by atoms with van der Waals surface area (Å²) < 4.78 is 5.48. The summed E-state index contributed by atoms with van der Waals surface area (Å²) in [5, 5.41) is 31.6. The predicted molar refractivity (Wildman–Crippen MR) is 130 cm³/mol. The molecular weight excluding hydrogens is 452 g/mol. The van der Waals surface area contributed by atoms with E-state index in [1.54, 1.807) is 16.9 Å². The molecule has 3 aromatic carbocycles. The molecule has 0 fully saturated rings. The highest BCUT2D eigenvalue weighted by Crippen LogP contribution is 2.44. The Bertz CT molecular complexity index is 1390. The summed E-state index contributed by atoms with van der Waals surface area (Å²) in [6.07, 6.45) is 5.19. The van der Waals surface area contributed by atoms with E-state index in [0.29, 0.717) is 5.02 Å². The fraction of sp³-hybridized carbons (Fsp3) is 0.115. The lowest BCUT2D eigenvalue weighted by Crippen LogP contribution is -2.45. The van der Waals surface area contributed by atoms with E-state index in [-0.39, 0.29) is 16.4 Å². The highest BCUT2D eigenvalue weighted by Gasteiger charge is 2.46. The van der Waals surface area contributed by atoms with Gasteiger partial charge in [-0.2, -0.15) is 15.0 Å². The van der Waals surface area contributed by atoms with Crippen molar-refractivity contribution in [2.75, 3.05) is 7.11 Å². The zero-order valence-electron chi connectivity index (χ0n) is 18.2. The standard InChI is InChI=1S/C26H21ClN4O3/c1-34-25-17-20(13-16-24(25)30(32)33)26(18-7-3-2-4-8-18,19-11-14-21(27)15-12-19)31-28-22-9-5-6-10-23(22)29-31/h2-17,20H,1H3,(H,32,33). The third-order valence-electron chi connectivity index (χ3n) is 6.05. The number of methoxy groups -OCH3 is 1.